The van der Waals surface area contributed by atoms with Crippen LogP contribution in [0.25, 0.3) is 0 Å². The van der Waals surface area contributed by atoms with Crippen LogP contribution in [0.1, 0.15) is 39.5 Å². The summed E-state index contributed by atoms with van der Waals surface area (Å²) >= 11 is 0. The van der Waals surface area contributed by atoms with Crippen molar-refractivity contribution in [2.24, 2.45) is 11.0 Å². The minimum atomic E-state index is -0.0823. The maximum atomic E-state index is 10.5. The Morgan fingerprint density at radius 2 is 2.08 bits per heavy atom. The lowest BCUT2D eigenvalue weighted by Crippen LogP contribution is -2.19. The first-order chi connectivity index (χ1) is 5.68. The van der Waals surface area contributed by atoms with Gasteiger partial charge in [0, 0.05) is 12.6 Å². The van der Waals surface area contributed by atoms with Gasteiger partial charge in [-0.2, -0.15) is 5.10 Å². The Hall–Kier alpha value is -0.860. The molecule has 1 N–H and O–H groups in total. The van der Waals surface area contributed by atoms with E-state index < -0.39 is 0 Å². The first-order valence-electron chi connectivity index (χ1n) is 4.50. The average Bonchev–Trinajstić information content (AvgIpc) is 2.03. The lowest BCUT2D eigenvalue weighted by molar-refractivity contribution is -0.118. The molecule has 0 saturated heterocycles. The van der Waals surface area contributed by atoms with E-state index in [1.165, 1.54) is 19.8 Å². The number of hydrogen-bond donors (Lipinski definition) is 1. The first kappa shape index (κ1) is 9.23. The number of nitrogens with zero attached hydrogens (tertiary/aromatic N) is 1. The van der Waals surface area contributed by atoms with Gasteiger partial charge in [0.2, 0.25) is 5.91 Å². The van der Waals surface area contributed by atoms with Crippen molar-refractivity contribution in [3.63, 3.8) is 0 Å². The van der Waals surface area contributed by atoms with Crippen LogP contribution in [0, 0.1) is 5.92 Å². The molecule has 3 heteroatoms. The van der Waals surface area contributed by atoms with Crippen molar-refractivity contribution in [2.75, 3.05) is 0 Å². The highest BCUT2D eigenvalue weighted by molar-refractivity contribution is 5.86. The van der Waals surface area contributed by atoms with Crippen LogP contribution in [0.15, 0.2) is 5.10 Å². The van der Waals surface area contributed by atoms with Gasteiger partial charge in [-0.05, 0) is 31.6 Å². The predicted molar refractivity (Wildman–Crippen MR) is 48.9 cm³/mol. The molecule has 0 heterocycles. The van der Waals surface area contributed by atoms with E-state index in [-0.39, 0.29) is 5.91 Å². The largest absolute Gasteiger partial charge is 0.274 e. The van der Waals surface area contributed by atoms with Crippen molar-refractivity contribution >= 4 is 11.6 Å². The molecule has 68 valence electrons. The van der Waals surface area contributed by atoms with Crippen molar-refractivity contribution < 1.29 is 4.79 Å². The Morgan fingerprint density at radius 1 is 1.50 bits per heavy atom. The summed E-state index contributed by atoms with van der Waals surface area (Å²) in [4.78, 5) is 10.5. The van der Waals surface area contributed by atoms with Crippen LogP contribution in [0.5, 0.6) is 0 Å². The average molecular weight is 168 g/mol. The second kappa shape index (κ2) is 4.24. The summed E-state index contributed by atoms with van der Waals surface area (Å²) in [5, 5.41) is 4.03. The van der Waals surface area contributed by atoms with Crippen LogP contribution in [-0.4, -0.2) is 11.6 Å². The van der Waals surface area contributed by atoms with E-state index in [1.54, 1.807) is 0 Å². The maximum absolute atomic E-state index is 10.5. The van der Waals surface area contributed by atoms with Gasteiger partial charge in [0.15, 0.2) is 0 Å². The molecule has 0 spiro atoms. The van der Waals surface area contributed by atoms with Gasteiger partial charge in [-0.3, -0.25) is 4.79 Å². The number of hydrogen-bond acceptors (Lipinski definition) is 2. The molecule has 0 unspecified atom stereocenters. The van der Waals surface area contributed by atoms with E-state index >= 15 is 0 Å². The molecule has 0 aliphatic heterocycles. The van der Waals surface area contributed by atoms with Crippen LogP contribution >= 0.6 is 0 Å². The molecular formula is C9H16N2O. The molecule has 0 aromatic rings. The van der Waals surface area contributed by atoms with Gasteiger partial charge in [-0.1, -0.05) is 6.92 Å². The third kappa shape index (κ3) is 3.03. The Balaban J connectivity index is 2.33. The number of nitrogens with one attached hydrogen (secondary N) is 1. The van der Waals surface area contributed by atoms with Gasteiger partial charge in [-0.15, -0.1) is 0 Å². The van der Waals surface area contributed by atoms with Crippen molar-refractivity contribution in [3.05, 3.63) is 0 Å². The van der Waals surface area contributed by atoms with E-state index in [1.807, 2.05) is 0 Å². The number of carbonyl (C=O) groups excluding carboxylic acids is 1. The first-order valence-corrected chi connectivity index (χ1v) is 4.50. The molecule has 12 heavy (non-hydrogen) atoms. The summed E-state index contributed by atoms with van der Waals surface area (Å²) in [6.07, 6.45) is 4.50. The Labute approximate surface area is 73.2 Å². The molecular weight excluding hydrogens is 152 g/mol. The molecule has 1 rings (SSSR count). The molecule has 0 aromatic carbocycles. The van der Waals surface area contributed by atoms with Gasteiger partial charge in [0.1, 0.15) is 0 Å². The fourth-order valence-corrected chi connectivity index (χ4v) is 1.36. The second-order valence-corrected chi connectivity index (χ2v) is 3.53. The fraction of sp³-hybridized carbons (Fsp3) is 0.778. The summed E-state index contributed by atoms with van der Waals surface area (Å²) in [6, 6.07) is 0. The molecule has 1 saturated carbocycles. The molecule has 0 radical (unpaired) electrons. The quantitative estimate of drug-likeness (QED) is 0.595. The summed E-state index contributed by atoms with van der Waals surface area (Å²) in [6.45, 7) is 3.74. The lowest BCUT2D eigenvalue weighted by atomic mass is 9.90. The van der Waals surface area contributed by atoms with E-state index in [9.17, 15) is 4.79 Å². The SMILES string of the molecule is CC(=O)NN=C1CCC(C)CC1. The van der Waals surface area contributed by atoms with E-state index in [0.717, 1.165) is 24.5 Å². The lowest BCUT2D eigenvalue weighted by Gasteiger charge is -2.18. The van der Waals surface area contributed by atoms with Crippen LogP contribution in [0.2, 0.25) is 0 Å². The van der Waals surface area contributed by atoms with Gasteiger partial charge in [0.05, 0.1) is 0 Å². The topological polar surface area (TPSA) is 41.5 Å². The molecule has 0 bridgehead atoms. The summed E-state index contributed by atoms with van der Waals surface area (Å²) in [5.41, 5.74) is 3.62. The van der Waals surface area contributed by atoms with Crippen LogP contribution in [-0.2, 0) is 4.79 Å². The number of amides is 1. The predicted octanol–water partition coefficient (Wildman–Crippen LogP) is 1.69. The number of rotatable bonds is 1. The monoisotopic (exact) mass is 168 g/mol. The van der Waals surface area contributed by atoms with Crippen molar-refractivity contribution in [3.8, 4) is 0 Å². The number of hydrazone groups is 1. The van der Waals surface area contributed by atoms with Gasteiger partial charge >= 0.3 is 0 Å². The summed E-state index contributed by atoms with van der Waals surface area (Å²) in [7, 11) is 0. The van der Waals surface area contributed by atoms with Crippen LogP contribution in [0.3, 0.4) is 0 Å². The molecule has 1 aliphatic rings. The van der Waals surface area contributed by atoms with Crippen molar-refractivity contribution in [1.29, 1.82) is 0 Å². The third-order valence-electron chi connectivity index (χ3n) is 2.22. The van der Waals surface area contributed by atoms with E-state index in [2.05, 4.69) is 17.5 Å². The fourth-order valence-electron chi connectivity index (χ4n) is 1.36. The minimum Gasteiger partial charge on any atom is -0.274 e. The zero-order valence-corrected chi connectivity index (χ0v) is 7.76. The molecule has 0 atom stereocenters. The minimum absolute atomic E-state index is 0.0823. The van der Waals surface area contributed by atoms with Crippen molar-refractivity contribution in [1.82, 2.24) is 5.43 Å². The second-order valence-electron chi connectivity index (χ2n) is 3.53. The Kier molecular flexibility index (Phi) is 3.26. The highest BCUT2D eigenvalue weighted by Gasteiger charge is 2.13. The zero-order chi connectivity index (χ0) is 8.97. The molecule has 1 amide bonds. The Bertz CT molecular complexity index is 189. The highest BCUT2D eigenvalue weighted by atomic mass is 16.2. The number of carbonyl (C=O) groups is 1. The van der Waals surface area contributed by atoms with Crippen LogP contribution < -0.4 is 5.43 Å². The smallest absolute Gasteiger partial charge is 0.236 e. The highest BCUT2D eigenvalue weighted by Crippen LogP contribution is 2.20. The van der Waals surface area contributed by atoms with Gasteiger partial charge in [-0.25, -0.2) is 5.43 Å². The zero-order valence-electron chi connectivity index (χ0n) is 7.76. The summed E-state index contributed by atoms with van der Waals surface area (Å²) in [5.74, 6) is 0.738. The van der Waals surface area contributed by atoms with Crippen molar-refractivity contribution in [2.45, 2.75) is 39.5 Å². The molecule has 1 fully saturated rings. The van der Waals surface area contributed by atoms with Crippen LogP contribution in [0.4, 0.5) is 0 Å². The van der Waals surface area contributed by atoms with Gasteiger partial charge < -0.3 is 0 Å². The Morgan fingerprint density at radius 3 is 2.58 bits per heavy atom. The molecule has 3 nitrogen and oxygen atoms in total. The standard InChI is InChI=1S/C9H16N2O/c1-7-3-5-9(6-4-7)11-10-8(2)12/h7H,3-6H2,1-2H3,(H,10,12). The molecule has 1 aliphatic carbocycles. The van der Waals surface area contributed by atoms with E-state index in [4.69, 9.17) is 0 Å². The van der Waals surface area contributed by atoms with E-state index in [0.29, 0.717) is 0 Å². The third-order valence-corrected chi connectivity index (χ3v) is 2.22. The molecule has 0 aromatic heterocycles. The normalized spacial score (nSPS) is 23.5. The maximum Gasteiger partial charge on any atom is 0.236 e. The van der Waals surface area contributed by atoms with Gasteiger partial charge in [0.25, 0.3) is 0 Å². The summed E-state index contributed by atoms with van der Waals surface area (Å²) < 4.78 is 0.